The highest BCUT2D eigenvalue weighted by Gasteiger charge is 2.17. The predicted octanol–water partition coefficient (Wildman–Crippen LogP) is 0.377. The van der Waals surface area contributed by atoms with Crippen LogP contribution >= 0.6 is 0 Å². The molecule has 1 aromatic carbocycles. The molecule has 3 rings (SSSR count). The second kappa shape index (κ2) is 6.80. The van der Waals surface area contributed by atoms with E-state index in [2.05, 4.69) is 20.0 Å². The number of β-amino-alcohol motifs (C(OH)–C–C–N with tert-alkyl or cyclic N) is 1. The van der Waals surface area contributed by atoms with E-state index in [4.69, 9.17) is 5.11 Å². The van der Waals surface area contributed by atoms with Crippen LogP contribution < -0.4 is 0 Å². The quantitative estimate of drug-likeness (QED) is 0.861. The van der Waals surface area contributed by atoms with E-state index < -0.39 is 0 Å². The largest absolute Gasteiger partial charge is 0.395 e. The average molecular weight is 287 g/mol. The van der Waals surface area contributed by atoms with Crippen LogP contribution in [0.5, 0.6) is 0 Å². The summed E-state index contributed by atoms with van der Waals surface area (Å²) in [5.41, 5.74) is 1.98. The zero-order chi connectivity index (χ0) is 14.5. The smallest absolute Gasteiger partial charge is 0.0971 e. The van der Waals surface area contributed by atoms with Crippen LogP contribution in [0.4, 0.5) is 0 Å². The van der Waals surface area contributed by atoms with Crippen molar-refractivity contribution >= 4 is 0 Å². The lowest BCUT2D eigenvalue weighted by molar-refractivity contribution is 0.107. The van der Waals surface area contributed by atoms with Gasteiger partial charge >= 0.3 is 0 Å². The highest BCUT2D eigenvalue weighted by atomic mass is 16.3. The van der Waals surface area contributed by atoms with Crippen LogP contribution in [0.3, 0.4) is 0 Å². The summed E-state index contributed by atoms with van der Waals surface area (Å²) >= 11 is 0. The van der Waals surface area contributed by atoms with Gasteiger partial charge in [0.1, 0.15) is 0 Å². The van der Waals surface area contributed by atoms with Crippen molar-refractivity contribution in [1.29, 1.82) is 0 Å². The molecule has 0 spiro atoms. The molecule has 1 N–H and O–H groups in total. The van der Waals surface area contributed by atoms with Crippen LogP contribution in [0, 0.1) is 0 Å². The Balaban J connectivity index is 1.56. The number of hydrogen-bond donors (Lipinski definition) is 1. The monoisotopic (exact) mass is 287 g/mol. The van der Waals surface area contributed by atoms with Crippen molar-refractivity contribution in [2.45, 2.75) is 6.54 Å². The Morgan fingerprint density at radius 1 is 1.00 bits per heavy atom. The molecule has 0 radical (unpaired) electrons. The Bertz CT molecular complexity index is 548. The first-order valence-electron chi connectivity index (χ1n) is 7.37. The van der Waals surface area contributed by atoms with Gasteiger partial charge in [-0.05, 0) is 12.1 Å². The molecule has 21 heavy (non-hydrogen) atoms. The van der Waals surface area contributed by atoms with E-state index in [0.717, 1.165) is 50.6 Å². The number of hydrogen-bond acceptors (Lipinski definition) is 5. The first-order chi connectivity index (χ1) is 10.3. The summed E-state index contributed by atoms with van der Waals surface area (Å²) < 4.78 is 0. The summed E-state index contributed by atoms with van der Waals surface area (Å²) in [5.74, 6) is 0. The lowest BCUT2D eigenvalue weighted by Gasteiger charge is -2.33. The average Bonchev–Trinajstić information content (AvgIpc) is 2.99. The minimum absolute atomic E-state index is 0.241. The maximum Gasteiger partial charge on any atom is 0.0971 e. The molecule has 0 amide bonds. The third-order valence-corrected chi connectivity index (χ3v) is 3.79. The van der Waals surface area contributed by atoms with Crippen molar-refractivity contribution in [1.82, 2.24) is 24.8 Å². The predicted molar refractivity (Wildman–Crippen MR) is 80.2 cm³/mol. The van der Waals surface area contributed by atoms with E-state index in [1.807, 2.05) is 36.5 Å². The number of aromatic nitrogens is 3. The number of nitrogens with zero attached hydrogens (tertiary/aromatic N) is 5. The lowest BCUT2D eigenvalue weighted by Crippen LogP contribution is -2.46. The van der Waals surface area contributed by atoms with Gasteiger partial charge in [0.05, 0.1) is 24.2 Å². The highest BCUT2D eigenvalue weighted by molar-refractivity contribution is 5.28. The third kappa shape index (κ3) is 3.66. The van der Waals surface area contributed by atoms with Gasteiger partial charge in [0.15, 0.2) is 0 Å². The minimum Gasteiger partial charge on any atom is -0.395 e. The van der Waals surface area contributed by atoms with Crippen LogP contribution in [0.2, 0.25) is 0 Å². The molecule has 6 heteroatoms. The molecule has 1 aromatic heterocycles. The van der Waals surface area contributed by atoms with Gasteiger partial charge < -0.3 is 5.11 Å². The van der Waals surface area contributed by atoms with Crippen molar-refractivity contribution in [3.8, 4) is 5.69 Å². The Kier molecular flexibility index (Phi) is 4.59. The van der Waals surface area contributed by atoms with Crippen molar-refractivity contribution in [3.63, 3.8) is 0 Å². The zero-order valence-electron chi connectivity index (χ0n) is 12.1. The van der Waals surface area contributed by atoms with Crippen molar-refractivity contribution in [2.75, 3.05) is 39.3 Å². The lowest BCUT2D eigenvalue weighted by atomic mass is 10.3. The van der Waals surface area contributed by atoms with Gasteiger partial charge in [0.2, 0.25) is 0 Å². The zero-order valence-corrected chi connectivity index (χ0v) is 12.1. The van der Waals surface area contributed by atoms with Crippen LogP contribution in [-0.4, -0.2) is 69.2 Å². The Hall–Kier alpha value is -1.76. The molecule has 1 aliphatic heterocycles. The topological polar surface area (TPSA) is 57.4 Å². The fourth-order valence-electron chi connectivity index (χ4n) is 2.59. The first-order valence-corrected chi connectivity index (χ1v) is 7.37. The van der Waals surface area contributed by atoms with Crippen LogP contribution in [-0.2, 0) is 6.54 Å². The molecule has 0 bridgehead atoms. The molecule has 0 saturated carbocycles. The van der Waals surface area contributed by atoms with E-state index in [0.29, 0.717) is 0 Å². The highest BCUT2D eigenvalue weighted by Crippen LogP contribution is 2.08. The molecular formula is C15H21N5O. The Morgan fingerprint density at radius 3 is 2.43 bits per heavy atom. The molecule has 2 heterocycles. The normalized spacial score (nSPS) is 17.2. The molecule has 0 aliphatic carbocycles. The summed E-state index contributed by atoms with van der Waals surface area (Å²) in [6.07, 6.45) is 1.84. The van der Waals surface area contributed by atoms with E-state index in [1.54, 1.807) is 4.80 Å². The minimum atomic E-state index is 0.241. The van der Waals surface area contributed by atoms with Gasteiger partial charge in [-0.25, -0.2) is 0 Å². The van der Waals surface area contributed by atoms with Gasteiger partial charge in [-0.3, -0.25) is 9.80 Å². The van der Waals surface area contributed by atoms with Gasteiger partial charge in [0, 0.05) is 39.3 Å². The maximum absolute atomic E-state index is 8.95. The summed E-state index contributed by atoms with van der Waals surface area (Å²) in [6, 6.07) is 9.95. The molecule has 1 aliphatic rings. The summed E-state index contributed by atoms with van der Waals surface area (Å²) in [4.78, 5) is 6.35. The molecule has 1 saturated heterocycles. The van der Waals surface area contributed by atoms with Gasteiger partial charge in [-0.2, -0.15) is 15.0 Å². The van der Waals surface area contributed by atoms with E-state index in [1.165, 1.54) is 0 Å². The fourth-order valence-corrected chi connectivity index (χ4v) is 2.59. The molecule has 2 aromatic rings. The fraction of sp³-hybridized carbons (Fsp3) is 0.467. The molecule has 6 nitrogen and oxygen atoms in total. The third-order valence-electron chi connectivity index (χ3n) is 3.79. The number of aliphatic hydroxyl groups is 1. The second-order valence-corrected chi connectivity index (χ2v) is 5.30. The van der Waals surface area contributed by atoms with Crippen molar-refractivity contribution < 1.29 is 5.11 Å². The number of para-hydroxylation sites is 1. The van der Waals surface area contributed by atoms with Crippen molar-refractivity contribution in [3.05, 3.63) is 42.2 Å². The summed E-state index contributed by atoms with van der Waals surface area (Å²) in [7, 11) is 0. The number of benzene rings is 1. The molecule has 0 unspecified atom stereocenters. The van der Waals surface area contributed by atoms with Crippen molar-refractivity contribution in [2.24, 2.45) is 0 Å². The van der Waals surface area contributed by atoms with Gasteiger partial charge in [-0.15, -0.1) is 0 Å². The first kappa shape index (κ1) is 14.2. The van der Waals surface area contributed by atoms with Crippen LogP contribution in [0.25, 0.3) is 5.69 Å². The van der Waals surface area contributed by atoms with Crippen LogP contribution in [0.1, 0.15) is 5.69 Å². The molecule has 112 valence electrons. The van der Waals surface area contributed by atoms with E-state index >= 15 is 0 Å². The number of aliphatic hydroxyl groups excluding tert-OH is 1. The summed E-state index contributed by atoms with van der Waals surface area (Å²) in [5, 5.41) is 17.8. The SMILES string of the molecule is OCCN1CCN(Cc2cnn(-c3ccccc3)n2)CC1. The van der Waals surface area contributed by atoms with Crippen LogP contribution in [0.15, 0.2) is 36.5 Å². The number of rotatable bonds is 5. The molecule has 1 fully saturated rings. The number of piperazine rings is 1. The van der Waals surface area contributed by atoms with E-state index in [-0.39, 0.29) is 6.61 Å². The van der Waals surface area contributed by atoms with E-state index in [9.17, 15) is 0 Å². The van der Waals surface area contributed by atoms with Gasteiger partial charge in [-0.1, -0.05) is 18.2 Å². The standard InChI is InChI=1S/C15H21N5O/c21-11-10-18-6-8-19(9-7-18)13-14-12-16-20(17-14)15-4-2-1-3-5-15/h1-5,12,21H,6-11,13H2. The molecule has 0 atom stereocenters. The van der Waals surface area contributed by atoms with Gasteiger partial charge in [0.25, 0.3) is 0 Å². The maximum atomic E-state index is 8.95. The second-order valence-electron chi connectivity index (χ2n) is 5.30. The Morgan fingerprint density at radius 2 is 1.71 bits per heavy atom. The summed E-state index contributed by atoms with van der Waals surface area (Å²) in [6.45, 7) is 5.89. The molecular weight excluding hydrogens is 266 g/mol. The Labute approximate surface area is 124 Å².